The highest BCUT2D eigenvalue weighted by molar-refractivity contribution is 9.09. The number of ketones is 2. The van der Waals surface area contributed by atoms with Gasteiger partial charge in [-0.3, -0.25) is 9.59 Å². The van der Waals surface area contributed by atoms with Crippen LogP contribution in [0.5, 0.6) is 11.5 Å². The molecule has 0 amide bonds. The van der Waals surface area contributed by atoms with Crippen molar-refractivity contribution in [1.29, 1.82) is 0 Å². The van der Waals surface area contributed by atoms with Crippen molar-refractivity contribution >= 4 is 43.4 Å². The molecule has 0 atom stereocenters. The molecular weight excluding hydrogens is 536 g/mol. The first kappa shape index (κ1) is 26.6. The van der Waals surface area contributed by atoms with Gasteiger partial charge in [0, 0.05) is 21.8 Å². The van der Waals surface area contributed by atoms with E-state index in [1.165, 1.54) is 25.7 Å². The van der Waals surface area contributed by atoms with E-state index in [0.29, 0.717) is 35.8 Å². The molecule has 2 aromatic carbocycles. The molecule has 0 unspecified atom stereocenters. The van der Waals surface area contributed by atoms with E-state index in [4.69, 9.17) is 9.47 Å². The van der Waals surface area contributed by atoms with Gasteiger partial charge in [-0.15, -0.1) is 0 Å². The molecule has 4 nitrogen and oxygen atoms in total. The van der Waals surface area contributed by atoms with Crippen molar-refractivity contribution in [2.45, 2.75) is 51.4 Å². The average molecular weight is 568 g/mol. The fourth-order valence-electron chi connectivity index (χ4n) is 3.15. The molecule has 32 heavy (non-hydrogen) atoms. The summed E-state index contributed by atoms with van der Waals surface area (Å²) >= 11 is 6.86. The van der Waals surface area contributed by atoms with Crippen LogP contribution in [0.15, 0.2) is 48.5 Å². The molecule has 0 radical (unpaired) electrons. The highest BCUT2D eigenvalue weighted by atomic mass is 79.9. The zero-order chi connectivity index (χ0) is 23.0. The van der Waals surface area contributed by atoms with Gasteiger partial charge in [0.2, 0.25) is 11.6 Å². The summed E-state index contributed by atoms with van der Waals surface area (Å²) in [6.45, 7) is 1.31. The standard InChI is InChI=1S/C26H32Br2O4/c27-17-5-1-3-7-19-31-23-13-9-21(10-14-23)25(29)26(30)22-11-15-24(16-12-22)32-20-8-4-2-6-18-28/h9-16H,1-8,17-20H2. The minimum absolute atomic E-state index is 0.364. The molecular formula is C26H32Br2O4. The maximum atomic E-state index is 12.6. The van der Waals surface area contributed by atoms with Crippen LogP contribution in [-0.4, -0.2) is 35.4 Å². The molecule has 0 saturated carbocycles. The van der Waals surface area contributed by atoms with Crippen molar-refractivity contribution in [3.63, 3.8) is 0 Å². The number of hydrogen-bond acceptors (Lipinski definition) is 4. The number of alkyl halides is 2. The van der Waals surface area contributed by atoms with E-state index in [9.17, 15) is 9.59 Å². The zero-order valence-corrected chi connectivity index (χ0v) is 21.7. The third-order valence-electron chi connectivity index (χ3n) is 5.03. The number of carbonyl (C=O) groups is 2. The van der Waals surface area contributed by atoms with E-state index in [0.717, 1.165) is 36.3 Å². The van der Waals surface area contributed by atoms with Crippen LogP contribution >= 0.6 is 31.9 Å². The van der Waals surface area contributed by atoms with E-state index >= 15 is 0 Å². The summed E-state index contributed by atoms with van der Waals surface area (Å²) in [4.78, 5) is 25.1. The molecule has 0 spiro atoms. The van der Waals surface area contributed by atoms with Gasteiger partial charge in [-0.2, -0.15) is 0 Å². The third-order valence-corrected chi connectivity index (χ3v) is 6.15. The molecule has 0 saturated heterocycles. The lowest BCUT2D eigenvalue weighted by atomic mass is 10.0. The first-order valence-electron chi connectivity index (χ1n) is 11.3. The number of carbonyl (C=O) groups excluding carboxylic acids is 2. The van der Waals surface area contributed by atoms with Crippen LogP contribution in [-0.2, 0) is 0 Å². The van der Waals surface area contributed by atoms with Crippen molar-refractivity contribution in [1.82, 2.24) is 0 Å². The number of ether oxygens (including phenoxy) is 2. The van der Waals surface area contributed by atoms with Gasteiger partial charge in [-0.05, 0) is 74.2 Å². The minimum atomic E-state index is -0.521. The summed E-state index contributed by atoms with van der Waals surface area (Å²) in [5, 5.41) is 2.08. The lowest BCUT2D eigenvalue weighted by molar-refractivity contribution is 0.0817. The molecule has 0 N–H and O–H groups in total. The smallest absolute Gasteiger partial charge is 0.233 e. The van der Waals surface area contributed by atoms with Crippen molar-refractivity contribution in [2.75, 3.05) is 23.9 Å². The van der Waals surface area contributed by atoms with Gasteiger partial charge < -0.3 is 9.47 Å². The summed E-state index contributed by atoms with van der Waals surface area (Å²) in [5.41, 5.74) is 0.729. The van der Waals surface area contributed by atoms with Gasteiger partial charge in [-0.25, -0.2) is 0 Å². The van der Waals surface area contributed by atoms with E-state index in [2.05, 4.69) is 31.9 Å². The third kappa shape index (κ3) is 9.86. The Balaban J connectivity index is 1.78. The quantitative estimate of drug-likeness (QED) is 0.0863. The van der Waals surface area contributed by atoms with Crippen molar-refractivity contribution in [2.24, 2.45) is 0 Å². The predicted octanol–water partition coefficient (Wildman–Crippen LogP) is 7.42. The van der Waals surface area contributed by atoms with Crippen LogP contribution < -0.4 is 9.47 Å². The number of hydrogen-bond donors (Lipinski definition) is 0. The normalized spacial score (nSPS) is 10.7. The Bertz CT molecular complexity index is 734. The first-order valence-corrected chi connectivity index (χ1v) is 13.6. The van der Waals surface area contributed by atoms with Crippen LogP contribution in [0.2, 0.25) is 0 Å². The van der Waals surface area contributed by atoms with Crippen LogP contribution in [0.25, 0.3) is 0 Å². The van der Waals surface area contributed by atoms with E-state index < -0.39 is 11.6 Å². The second-order valence-corrected chi connectivity index (χ2v) is 9.20. The largest absolute Gasteiger partial charge is 0.494 e. The Labute approximate surface area is 208 Å². The van der Waals surface area contributed by atoms with Crippen LogP contribution in [0.4, 0.5) is 0 Å². The molecule has 0 aliphatic heterocycles. The average Bonchev–Trinajstić information content (AvgIpc) is 2.83. The van der Waals surface area contributed by atoms with Crippen LogP contribution in [0.1, 0.15) is 72.1 Å². The van der Waals surface area contributed by atoms with Gasteiger partial charge >= 0.3 is 0 Å². The van der Waals surface area contributed by atoms with E-state index in [-0.39, 0.29) is 0 Å². The summed E-state index contributed by atoms with van der Waals surface area (Å²) in [6.07, 6.45) is 9.02. The van der Waals surface area contributed by atoms with Gasteiger partial charge in [-0.1, -0.05) is 57.5 Å². The number of benzene rings is 2. The molecule has 2 rings (SSSR count). The predicted molar refractivity (Wildman–Crippen MR) is 137 cm³/mol. The van der Waals surface area contributed by atoms with Crippen LogP contribution in [0.3, 0.4) is 0 Å². The SMILES string of the molecule is O=C(C(=O)c1ccc(OCCCCCCBr)cc1)c1ccc(OCCCCCCBr)cc1. The number of Topliss-reactive ketones (excluding diaryl/α,β-unsaturated/α-hetero) is 2. The second kappa shape index (κ2) is 16.0. The summed E-state index contributed by atoms with van der Waals surface area (Å²) in [7, 11) is 0. The number of unbranched alkanes of at least 4 members (excludes halogenated alkanes) is 6. The first-order chi connectivity index (χ1) is 15.7. The fourth-order valence-corrected chi connectivity index (χ4v) is 3.94. The molecule has 174 valence electrons. The lowest BCUT2D eigenvalue weighted by Gasteiger charge is -2.08. The summed E-state index contributed by atoms with van der Waals surface area (Å²) in [5.74, 6) is 0.380. The maximum absolute atomic E-state index is 12.6. The van der Waals surface area contributed by atoms with Gasteiger partial charge in [0.05, 0.1) is 13.2 Å². The Morgan fingerprint density at radius 2 is 0.875 bits per heavy atom. The topological polar surface area (TPSA) is 52.6 Å². The zero-order valence-electron chi connectivity index (χ0n) is 18.5. The Morgan fingerprint density at radius 1 is 0.531 bits per heavy atom. The summed E-state index contributed by atoms with van der Waals surface area (Å²) in [6, 6.07) is 13.6. The monoisotopic (exact) mass is 566 g/mol. The maximum Gasteiger partial charge on any atom is 0.233 e. The Morgan fingerprint density at radius 3 is 1.22 bits per heavy atom. The number of rotatable bonds is 17. The Hall–Kier alpha value is -1.66. The second-order valence-electron chi connectivity index (χ2n) is 7.61. The van der Waals surface area contributed by atoms with E-state index in [1.54, 1.807) is 48.5 Å². The highest BCUT2D eigenvalue weighted by Crippen LogP contribution is 2.18. The van der Waals surface area contributed by atoms with Crippen LogP contribution in [0, 0.1) is 0 Å². The van der Waals surface area contributed by atoms with Gasteiger partial charge in [0.25, 0.3) is 0 Å². The van der Waals surface area contributed by atoms with Gasteiger partial charge in [0.1, 0.15) is 11.5 Å². The lowest BCUT2D eigenvalue weighted by Crippen LogP contribution is -2.14. The Kier molecular flexibility index (Phi) is 13.3. The molecule has 2 aromatic rings. The van der Waals surface area contributed by atoms with Crippen molar-refractivity contribution in [3.05, 3.63) is 59.7 Å². The minimum Gasteiger partial charge on any atom is -0.494 e. The number of halogens is 2. The van der Waals surface area contributed by atoms with Crippen molar-refractivity contribution < 1.29 is 19.1 Å². The molecule has 0 aromatic heterocycles. The van der Waals surface area contributed by atoms with Gasteiger partial charge in [0.15, 0.2) is 0 Å². The molecule has 0 fully saturated rings. The molecule has 6 heteroatoms. The molecule has 0 bridgehead atoms. The highest BCUT2D eigenvalue weighted by Gasteiger charge is 2.18. The van der Waals surface area contributed by atoms with Crippen molar-refractivity contribution in [3.8, 4) is 11.5 Å². The molecule has 0 heterocycles. The molecule has 0 aliphatic carbocycles. The molecule has 0 aliphatic rings. The fraction of sp³-hybridized carbons (Fsp3) is 0.462. The summed E-state index contributed by atoms with van der Waals surface area (Å²) < 4.78 is 11.4. The van der Waals surface area contributed by atoms with E-state index in [1.807, 2.05) is 0 Å².